The predicted octanol–water partition coefficient (Wildman–Crippen LogP) is 3.55. The number of likely N-dealkylation sites (tertiary alicyclic amines) is 1. The minimum atomic E-state index is -0.367. The molecule has 29 heavy (non-hydrogen) atoms. The van der Waals surface area contributed by atoms with Crippen molar-refractivity contribution in [3.05, 3.63) is 41.9 Å². The first-order chi connectivity index (χ1) is 14.0. The highest BCUT2D eigenvalue weighted by atomic mass is 32.1. The average molecular weight is 424 g/mol. The van der Waals surface area contributed by atoms with Crippen LogP contribution >= 0.6 is 11.3 Å². The van der Waals surface area contributed by atoms with Crippen LogP contribution in [0.1, 0.15) is 60.9 Å². The van der Waals surface area contributed by atoms with Gasteiger partial charge in [-0.3, -0.25) is 14.4 Å². The van der Waals surface area contributed by atoms with E-state index in [9.17, 15) is 14.4 Å². The Bertz CT molecular complexity index is 652. The fraction of sp³-hybridized carbons (Fsp3) is 0.524. The van der Waals surface area contributed by atoms with Crippen LogP contribution in [0.3, 0.4) is 0 Å². The van der Waals surface area contributed by atoms with Crippen LogP contribution in [-0.2, 0) is 14.3 Å². The maximum Gasteiger partial charge on any atom is 0.306 e. The number of thiazole rings is 1. The third-order valence-electron chi connectivity index (χ3n) is 4.13. The molecule has 2 rings (SSSR count). The summed E-state index contributed by atoms with van der Waals surface area (Å²) in [6.45, 7) is 15.3. The van der Waals surface area contributed by atoms with Crippen LogP contribution in [0.15, 0.2) is 31.2 Å². The molecule has 162 valence electrons. The number of methoxy groups -OCH3 is 1. The monoisotopic (exact) mass is 423 g/mol. The van der Waals surface area contributed by atoms with Crippen molar-refractivity contribution >= 4 is 29.1 Å². The first-order valence-electron chi connectivity index (χ1n) is 9.74. The van der Waals surface area contributed by atoms with Gasteiger partial charge < -0.3 is 15.0 Å². The molecule has 0 bridgehead atoms. The second-order valence-corrected chi connectivity index (χ2v) is 6.69. The van der Waals surface area contributed by atoms with Crippen molar-refractivity contribution in [2.75, 3.05) is 26.7 Å². The summed E-state index contributed by atoms with van der Waals surface area (Å²) in [6, 6.07) is 0. The summed E-state index contributed by atoms with van der Waals surface area (Å²) in [5, 5.41) is 5.41. The Morgan fingerprint density at radius 3 is 2.45 bits per heavy atom. The van der Waals surface area contributed by atoms with Crippen LogP contribution in [0, 0.1) is 0 Å². The summed E-state index contributed by atoms with van der Waals surface area (Å²) >= 11 is 1.48. The number of rotatable bonds is 7. The lowest BCUT2D eigenvalue weighted by Gasteiger charge is -2.31. The molecule has 0 aromatic carbocycles. The number of amides is 2. The molecular formula is C21H33N3O4S. The maximum absolute atomic E-state index is 12.1. The Morgan fingerprint density at radius 2 is 1.90 bits per heavy atom. The SMILES string of the molecule is C=C.C=CCNC(=O)c1csc(C2CCN(C(=O)CCC(=O)OC)CC2)n1.CC. The number of carbonyl (C=O) groups is 3. The number of esters is 1. The Kier molecular flexibility index (Phi) is 14.1. The number of hydrogen-bond donors (Lipinski definition) is 1. The van der Waals surface area contributed by atoms with Crippen LogP contribution in [0.2, 0.25) is 0 Å². The zero-order chi connectivity index (χ0) is 22.2. The second kappa shape index (κ2) is 15.4. The lowest BCUT2D eigenvalue weighted by atomic mass is 9.97. The van der Waals surface area contributed by atoms with E-state index in [2.05, 4.69) is 34.8 Å². The molecule has 2 amide bonds. The Labute approximate surface area is 177 Å². The number of carbonyl (C=O) groups excluding carboxylic acids is 3. The Hall–Kier alpha value is -2.48. The summed E-state index contributed by atoms with van der Waals surface area (Å²) in [6.07, 6.45) is 3.54. The molecule has 1 saturated heterocycles. The van der Waals surface area contributed by atoms with Gasteiger partial charge in [-0.15, -0.1) is 31.1 Å². The smallest absolute Gasteiger partial charge is 0.306 e. The van der Waals surface area contributed by atoms with E-state index in [0.717, 1.165) is 17.8 Å². The zero-order valence-electron chi connectivity index (χ0n) is 17.7. The fourth-order valence-electron chi connectivity index (χ4n) is 2.68. The Balaban J connectivity index is 0.00000184. The van der Waals surface area contributed by atoms with Gasteiger partial charge in [-0.25, -0.2) is 4.98 Å². The molecular weight excluding hydrogens is 390 g/mol. The van der Waals surface area contributed by atoms with E-state index in [0.29, 0.717) is 25.3 Å². The molecule has 1 N–H and O–H groups in total. The van der Waals surface area contributed by atoms with Crippen LogP contribution < -0.4 is 5.32 Å². The van der Waals surface area contributed by atoms with E-state index >= 15 is 0 Å². The molecule has 1 aliphatic rings. The number of nitrogens with zero attached hydrogens (tertiary/aromatic N) is 2. The summed E-state index contributed by atoms with van der Waals surface area (Å²) < 4.78 is 4.55. The van der Waals surface area contributed by atoms with Gasteiger partial charge in [0.15, 0.2) is 0 Å². The van der Waals surface area contributed by atoms with Crippen molar-refractivity contribution in [2.45, 2.75) is 45.4 Å². The highest BCUT2D eigenvalue weighted by Crippen LogP contribution is 2.30. The summed E-state index contributed by atoms with van der Waals surface area (Å²) in [5.74, 6) is -0.325. The summed E-state index contributed by atoms with van der Waals surface area (Å²) in [4.78, 5) is 41.3. The largest absolute Gasteiger partial charge is 0.469 e. The molecule has 0 spiro atoms. The van der Waals surface area contributed by atoms with Crippen LogP contribution in [-0.4, -0.2) is 54.4 Å². The van der Waals surface area contributed by atoms with Crippen LogP contribution in [0.4, 0.5) is 0 Å². The highest BCUT2D eigenvalue weighted by molar-refractivity contribution is 7.09. The summed E-state index contributed by atoms with van der Waals surface area (Å²) in [7, 11) is 1.32. The third-order valence-corrected chi connectivity index (χ3v) is 5.14. The second-order valence-electron chi connectivity index (χ2n) is 5.80. The number of aromatic nitrogens is 1. The molecule has 0 aliphatic carbocycles. The quantitative estimate of drug-likeness (QED) is 0.535. The van der Waals surface area contributed by atoms with Crippen molar-refractivity contribution in [3.8, 4) is 0 Å². The van der Waals surface area contributed by atoms with Gasteiger partial charge in [0.05, 0.1) is 18.5 Å². The molecule has 0 saturated carbocycles. The van der Waals surface area contributed by atoms with E-state index in [1.54, 1.807) is 16.4 Å². The lowest BCUT2D eigenvalue weighted by Crippen LogP contribution is -2.38. The molecule has 1 aromatic heterocycles. The molecule has 2 heterocycles. The van der Waals surface area contributed by atoms with Crippen molar-refractivity contribution in [1.82, 2.24) is 15.2 Å². The normalized spacial score (nSPS) is 13.1. The van der Waals surface area contributed by atoms with Gasteiger partial charge in [0.1, 0.15) is 5.69 Å². The first-order valence-corrected chi connectivity index (χ1v) is 10.6. The molecule has 0 atom stereocenters. The standard InChI is InChI=1S/C17H23N3O4S.C2H6.C2H4/c1-3-8-18-16(23)13-11-25-17(19-13)12-6-9-20(10-7-12)14(21)4-5-15(22)24-2;2*1-2/h3,11-12H,1,4-10H2,2H3,(H,18,23);1-2H3;1-2H2. The van der Waals surface area contributed by atoms with E-state index in [-0.39, 0.29) is 36.5 Å². The molecule has 7 nitrogen and oxygen atoms in total. The summed E-state index contributed by atoms with van der Waals surface area (Å²) in [5.41, 5.74) is 0.429. The molecule has 1 fully saturated rings. The predicted molar refractivity (Wildman–Crippen MR) is 117 cm³/mol. The third kappa shape index (κ3) is 9.04. The topological polar surface area (TPSA) is 88.6 Å². The van der Waals surface area contributed by atoms with E-state index in [4.69, 9.17) is 0 Å². The number of piperidine rings is 1. The van der Waals surface area contributed by atoms with Gasteiger partial charge in [-0.05, 0) is 12.8 Å². The number of hydrogen-bond acceptors (Lipinski definition) is 6. The van der Waals surface area contributed by atoms with Crippen molar-refractivity contribution < 1.29 is 19.1 Å². The molecule has 0 radical (unpaired) electrons. The van der Waals surface area contributed by atoms with Gasteiger partial charge in [0, 0.05) is 37.4 Å². The van der Waals surface area contributed by atoms with Crippen molar-refractivity contribution in [1.29, 1.82) is 0 Å². The number of nitrogens with one attached hydrogen (secondary N) is 1. The number of ether oxygens (including phenoxy) is 1. The fourth-order valence-corrected chi connectivity index (χ4v) is 3.65. The average Bonchev–Trinajstić information content (AvgIpc) is 3.28. The van der Waals surface area contributed by atoms with Gasteiger partial charge in [0.25, 0.3) is 5.91 Å². The van der Waals surface area contributed by atoms with Gasteiger partial charge in [-0.2, -0.15) is 0 Å². The van der Waals surface area contributed by atoms with Gasteiger partial charge >= 0.3 is 5.97 Å². The zero-order valence-corrected chi connectivity index (χ0v) is 18.6. The molecule has 8 heteroatoms. The van der Waals surface area contributed by atoms with Gasteiger partial charge in [-0.1, -0.05) is 19.9 Å². The maximum atomic E-state index is 12.1. The Morgan fingerprint density at radius 1 is 1.28 bits per heavy atom. The van der Waals surface area contributed by atoms with Crippen molar-refractivity contribution in [2.24, 2.45) is 0 Å². The van der Waals surface area contributed by atoms with Crippen molar-refractivity contribution in [3.63, 3.8) is 0 Å². The van der Waals surface area contributed by atoms with E-state index in [1.807, 2.05) is 13.8 Å². The lowest BCUT2D eigenvalue weighted by molar-refractivity contribution is -0.143. The van der Waals surface area contributed by atoms with Crippen LogP contribution in [0.25, 0.3) is 0 Å². The van der Waals surface area contributed by atoms with Gasteiger partial charge in [0.2, 0.25) is 5.91 Å². The first kappa shape index (κ1) is 26.5. The van der Waals surface area contributed by atoms with Crippen LogP contribution in [0.5, 0.6) is 0 Å². The van der Waals surface area contributed by atoms with E-state index in [1.165, 1.54) is 18.4 Å². The molecule has 1 aliphatic heterocycles. The molecule has 0 unspecified atom stereocenters. The van der Waals surface area contributed by atoms with E-state index < -0.39 is 0 Å². The highest BCUT2D eigenvalue weighted by Gasteiger charge is 2.26. The minimum absolute atomic E-state index is 0.0209. The molecule has 1 aromatic rings. The minimum Gasteiger partial charge on any atom is -0.469 e.